The Morgan fingerprint density at radius 3 is 2.41 bits per heavy atom. The first kappa shape index (κ1) is 11.8. The van der Waals surface area contributed by atoms with Crippen LogP contribution in [0.25, 0.3) is 0 Å². The normalized spacial score (nSPS) is 14.3. The van der Waals surface area contributed by atoms with Crippen LogP contribution in [0.1, 0.15) is 23.6 Å². The van der Waals surface area contributed by atoms with Crippen LogP contribution in [0.2, 0.25) is 0 Å². The van der Waals surface area contributed by atoms with E-state index < -0.39 is 5.60 Å². The highest BCUT2D eigenvalue weighted by atomic mass is 16.3. The molecule has 1 atom stereocenters. The van der Waals surface area contributed by atoms with E-state index in [2.05, 4.69) is 4.98 Å². The van der Waals surface area contributed by atoms with Gasteiger partial charge >= 0.3 is 0 Å². The van der Waals surface area contributed by atoms with Gasteiger partial charge in [0, 0.05) is 18.8 Å². The number of aromatic nitrogens is 1. The molecule has 0 spiro atoms. The molecule has 2 nitrogen and oxygen atoms in total. The molecule has 2 heteroatoms. The van der Waals surface area contributed by atoms with Crippen molar-refractivity contribution in [3.8, 4) is 0 Å². The van der Waals surface area contributed by atoms with E-state index in [1.165, 1.54) is 0 Å². The van der Waals surface area contributed by atoms with Crippen LogP contribution in [-0.4, -0.2) is 10.1 Å². The smallest absolute Gasteiger partial charge is 0.0911 e. The Labute approximate surface area is 102 Å². The van der Waals surface area contributed by atoms with E-state index in [1.807, 2.05) is 50.2 Å². The van der Waals surface area contributed by atoms with Gasteiger partial charge in [-0.05, 0) is 42.7 Å². The van der Waals surface area contributed by atoms with Crippen LogP contribution in [0, 0.1) is 6.92 Å². The summed E-state index contributed by atoms with van der Waals surface area (Å²) in [6.45, 7) is 3.88. The Morgan fingerprint density at radius 2 is 1.76 bits per heavy atom. The Morgan fingerprint density at radius 1 is 1.12 bits per heavy atom. The van der Waals surface area contributed by atoms with E-state index in [4.69, 9.17) is 0 Å². The highest BCUT2D eigenvalue weighted by Crippen LogP contribution is 2.27. The average molecular weight is 227 g/mol. The summed E-state index contributed by atoms with van der Waals surface area (Å²) in [5.74, 6) is 0. The molecule has 0 aliphatic rings. The minimum atomic E-state index is -0.841. The molecule has 0 saturated carbocycles. The second-order valence-corrected chi connectivity index (χ2v) is 4.62. The molecule has 0 bridgehead atoms. The third-order valence-electron chi connectivity index (χ3n) is 3.02. The van der Waals surface area contributed by atoms with Gasteiger partial charge in [-0.15, -0.1) is 0 Å². The number of hydrogen-bond acceptors (Lipinski definition) is 2. The molecule has 0 amide bonds. The van der Waals surface area contributed by atoms with Gasteiger partial charge in [-0.25, -0.2) is 0 Å². The maximum Gasteiger partial charge on any atom is 0.0911 e. The van der Waals surface area contributed by atoms with Gasteiger partial charge in [0.25, 0.3) is 0 Å². The topological polar surface area (TPSA) is 33.1 Å². The van der Waals surface area contributed by atoms with E-state index in [9.17, 15) is 5.11 Å². The Hall–Kier alpha value is -1.67. The van der Waals surface area contributed by atoms with Gasteiger partial charge in [0.05, 0.1) is 5.60 Å². The third-order valence-corrected chi connectivity index (χ3v) is 3.02. The summed E-state index contributed by atoms with van der Waals surface area (Å²) in [7, 11) is 0. The number of benzene rings is 1. The molecule has 2 rings (SSSR count). The molecule has 1 aromatic carbocycles. The van der Waals surface area contributed by atoms with Crippen molar-refractivity contribution in [2.45, 2.75) is 25.9 Å². The largest absolute Gasteiger partial charge is 0.385 e. The summed E-state index contributed by atoms with van der Waals surface area (Å²) in [6, 6.07) is 11.8. The minimum Gasteiger partial charge on any atom is -0.385 e. The zero-order valence-corrected chi connectivity index (χ0v) is 10.2. The predicted octanol–water partition coefficient (Wildman–Crippen LogP) is 2.84. The van der Waals surface area contributed by atoms with Crippen molar-refractivity contribution in [3.05, 3.63) is 65.5 Å². The SMILES string of the molecule is Cc1ccccc1C(C)(O)Cc1ccncc1. The van der Waals surface area contributed by atoms with Crippen molar-refractivity contribution in [2.24, 2.45) is 0 Å². The Kier molecular flexibility index (Phi) is 3.25. The maximum atomic E-state index is 10.6. The van der Waals surface area contributed by atoms with E-state index in [1.54, 1.807) is 12.4 Å². The lowest BCUT2D eigenvalue weighted by Gasteiger charge is -2.25. The van der Waals surface area contributed by atoms with E-state index in [0.717, 1.165) is 16.7 Å². The minimum absolute atomic E-state index is 0.598. The number of aliphatic hydroxyl groups is 1. The molecule has 1 heterocycles. The molecule has 0 fully saturated rings. The lowest BCUT2D eigenvalue weighted by atomic mass is 9.87. The number of nitrogens with zero attached hydrogens (tertiary/aromatic N) is 1. The van der Waals surface area contributed by atoms with Gasteiger partial charge in [0.2, 0.25) is 0 Å². The Bertz CT molecular complexity index is 491. The summed E-state index contributed by atoms with van der Waals surface area (Å²) >= 11 is 0. The van der Waals surface area contributed by atoms with Crippen molar-refractivity contribution in [1.82, 2.24) is 4.98 Å². The van der Waals surface area contributed by atoms with Crippen LogP contribution in [0.5, 0.6) is 0 Å². The number of rotatable bonds is 3. The first-order chi connectivity index (χ1) is 8.09. The lowest BCUT2D eigenvalue weighted by Crippen LogP contribution is -2.25. The van der Waals surface area contributed by atoms with E-state index >= 15 is 0 Å². The summed E-state index contributed by atoms with van der Waals surface area (Å²) in [5.41, 5.74) is 2.35. The van der Waals surface area contributed by atoms with Gasteiger partial charge in [-0.2, -0.15) is 0 Å². The summed E-state index contributed by atoms with van der Waals surface area (Å²) < 4.78 is 0. The molecule has 0 aliphatic carbocycles. The molecule has 88 valence electrons. The van der Waals surface area contributed by atoms with Crippen molar-refractivity contribution >= 4 is 0 Å². The highest BCUT2D eigenvalue weighted by Gasteiger charge is 2.24. The fraction of sp³-hybridized carbons (Fsp3) is 0.267. The van der Waals surface area contributed by atoms with E-state index in [0.29, 0.717) is 6.42 Å². The quantitative estimate of drug-likeness (QED) is 0.874. The van der Waals surface area contributed by atoms with Crippen LogP contribution >= 0.6 is 0 Å². The van der Waals surface area contributed by atoms with Crippen molar-refractivity contribution < 1.29 is 5.11 Å². The second kappa shape index (κ2) is 4.68. The maximum absolute atomic E-state index is 10.6. The van der Waals surface area contributed by atoms with Crippen LogP contribution in [-0.2, 0) is 12.0 Å². The van der Waals surface area contributed by atoms with Crippen molar-refractivity contribution in [2.75, 3.05) is 0 Å². The number of hydrogen-bond donors (Lipinski definition) is 1. The molecule has 2 aromatic rings. The average Bonchev–Trinajstić information content (AvgIpc) is 2.30. The van der Waals surface area contributed by atoms with Gasteiger partial charge < -0.3 is 5.11 Å². The third kappa shape index (κ3) is 2.71. The fourth-order valence-electron chi connectivity index (χ4n) is 2.17. The van der Waals surface area contributed by atoms with Crippen molar-refractivity contribution in [3.63, 3.8) is 0 Å². The molecular formula is C15H17NO. The van der Waals surface area contributed by atoms with Crippen LogP contribution in [0.4, 0.5) is 0 Å². The van der Waals surface area contributed by atoms with Crippen molar-refractivity contribution in [1.29, 1.82) is 0 Å². The number of pyridine rings is 1. The van der Waals surface area contributed by atoms with Crippen LogP contribution in [0.15, 0.2) is 48.8 Å². The van der Waals surface area contributed by atoms with Crippen LogP contribution < -0.4 is 0 Å². The summed E-state index contributed by atoms with van der Waals surface area (Å²) in [4.78, 5) is 3.98. The molecule has 1 N–H and O–H groups in total. The van der Waals surface area contributed by atoms with Gasteiger partial charge in [0.15, 0.2) is 0 Å². The lowest BCUT2D eigenvalue weighted by molar-refractivity contribution is 0.0570. The second-order valence-electron chi connectivity index (χ2n) is 4.62. The first-order valence-corrected chi connectivity index (χ1v) is 5.77. The molecule has 1 unspecified atom stereocenters. The zero-order chi connectivity index (χ0) is 12.3. The monoisotopic (exact) mass is 227 g/mol. The molecule has 0 radical (unpaired) electrons. The fourth-order valence-corrected chi connectivity index (χ4v) is 2.17. The standard InChI is InChI=1S/C15H17NO/c1-12-5-3-4-6-14(12)15(2,17)11-13-7-9-16-10-8-13/h3-10,17H,11H2,1-2H3. The molecule has 0 aliphatic heterocycles. The molecule has 0 saturated heterocycles. The molecule has 17 heavy (non-hydrogen) atoms. The van der Waals surface area contributed by atoms with Gasteiger partial charge in [-0.1, -0.05) is 24.3 Å². The van der Waals surface area contributed by atoms with Gasteiger partial charge in [-0.3, -0.25) is 4.98 Å². The zero-order valence-electron chi connectivity index (χ0n) is 10.2. The summed E-state index contributed by atoms with van der Waals surface area (Å²) in [6.07, 6.45) is 4.10. The first-order valence-electron chi connectivity index (χ1n) is 5.77. The highest BCUT2D eigenvalue weighted by molar-refractivity contribution is 5.32. The summed E-state index contributed by atoms with van der Waals surface area (Å²) in [5, 5.41) is 10.6. The van der Waals surface area contributed by atoms with Crippen LogP contribution in [0.3, 0.4) is 0 Å². The van der Waals surface area contributed by atoms with E-state index in [-0.39, 0.29) is 0 Å². The number of aryl methyl sites for hydroxylation is 1. The van der Waals surface area contributed by atoms with Gasteiger partial charge in [0.1, 0.15) is 0 Å². The predicted molar refractivity (Wildman–Crippen MR) is 68.7 cm³/mol. The molecule has 1 aromatic heterocycles. The molecular weight excluding hydrogens is 210 g/mol. The Balaban J connectivity index is 2.28.